The molecule has 200 valence electrons. The van der Waals surface area contributed by atoms with Crippen molar-refractivity contribution in [2.75, 3.05) is 4.90 Å². The highest BCUT2D eigenvalue weighted by molar-refractivity contribution is 6.39. The average Bonchev–Trinajstić information content (AvgIpc) is 3.36. The van der Waals surface area contributed by atoms with Crippen molar-refractivity contribution in [1.29, 1.82) is 0 Å². The first kappa shape index (κ1) is 26.0. The van der Waals surface area contributed by atoms with Crippen LogP contribution in [0.3, 0.4) is 0 Å². The van der Waals surface area contributed by atoms with Crippen molar-refractivity contribution in [3.63, 3.8) is 0 Å². The number of nitrogens with one attached hydrogen (secondary N) is 1. The Labute approximate surface area is 242 Å². The summed E-state index contributed by atoms with van der Waals surface area (Å²) in [5.41, 5.74) is 6.17. The van der Waals surface area contributed by atoms with Gasteiger partial charge >= 0.3 is 6.03 Å². The lowest BCUT2D eigenvalue weighted by Crippen LogP contribution is -2.54. The average molecular weight is 558 g/mol. The molecule has 1 N–H and O–H groups in total. The minimum absolute atomic E-state index is 0.143. The van der Waals surface area contributed by atoms with E-state index in [1.165, 1.54) is 0 Å². The lowest BCUT2D eigenvalue weighted by molar-refractivity contribution is -0.122. The van der Waals surface area contributed by atoms with Gasteiger partial charge in [0.05, 0.1) is 17.1 Å². The molecule has 0 aliphatic carbocycles. The van der Waals surface area contributed by atoms with Crippen LogP contribution in [0.4, 0.5) is 10.5 Å². The molecule has 6 nitrogen and oxygen atoms in total. The molecular weight excluding hydrogens is 534 g/mol. The third-order valence-corrected chi connectivity index (χ3v) is 7.18. The number of hydrogen-bond acceptors (Lipinski definition) is 3. The molecule has 0 saturated carbocycles. The summed E-state index contributed by atoms with van der Waals surface area (Å²) in [5.74, 6) is -1.44. The normalized spacial score (nSPS) is 14.4. The van der Waals surface area contributed by atoms with Crippen LogP contribution in [-0.2, 0) is 9.59 Å². The van der Waals surface area contributed by atoms with E-state index < -0.39 is 17.8 Å². The maximum atomic E-state index is 13.7. The van der Waals surface area contributed by atoms with Gasteiger partial charge in [-0.2, -0.15) is 0 Å². The van der Waals surface area contributed by atoms with Crippen molar-refractivity contribution in [2.45, 2.75) is 6.92 Å². The van der Waals surface area contributed by atoms with Gasteiger partial charge in [-0.1, -0.05) is 90.0 Å². The Morgan fingerprint density at radius 3 is 1.93 bits per heavy atom. The molecule has 5 aromatic rings. The summed E-state index contributed by atoms with van der Waals surface area (Å²) in [6, 6.07) is 35.3. The number of rotatable bonds is 5. The van der Waals surface area contributed by atoms with E-state index in [2.05, 4.69) is 9.88 Å². The molecule has 1 aliphatic heterocycles. The standard InChI is InChI=1S/C34H24ClN3O3/c1-22-12-16-28(17-13-22)38-33(40)29(32(39)36-34(38)41)20-25-21-30(23-8-4-2-5-9-23)37(27-18-14-26(35)15-19-27)31(25)24-10-6-3-7-11-24/h2-21H,1H3,(H,36,39,41). The molecule has 0 atom stereocenters. The van der Waals surface area contributed by atoms with Crippen molar-refractivity contribution in [3.8, 4) is 28.2 Å². The summed E-state index contributed by atoms with van der Waals surface area (Å²) in [7, 11) is 0. The molecule has 7 heteroatoms. The highest BCUT2D eigenvalue weighted by Crippen LogP contribution is 2.38. The summed E-state index contributed by atoms with van der Waals surface area (Å²) < 4.78 is 2.08. The van der Waals surface area contributed by atoms with Crippen LogP contribution in [0.25, 0.3) is 34.3 Å². The van der Waals surface area contributed by atoms with Crippen molar-refractivity contribution < 1.29 is 14.4 Å². The van der Waals surface area contributed by atoms with Gasteiger partial charge in [0.1, 0.15) is 5.57 Å². The van der Waals surface area contributed by atoms with E-state index in [1.54, 1.807) is 18.2 Å². The quantitative estimate of drug-likeness (QED) is 0.180. The summed E-state index contributed by atoms with van der Waals surface area (Å²) >= 11 is 6.23. The number of anilines is 1. The topological polar surface area (TPSA) is 71.4 Å². The van der Waals surface area contributed by atoms with Gasteiger partial charge in [0.2, 0.25) is 0 Å². The highest BCUT2D eigenvalue weighted by Gasteiger charge is 2.37. The SMILES string of the molecule is Cc1ccc(N2C(=O)NC(=O)C(=Cc3cc(-c4ccccc4)n(-c4ccc(Cl)cc4)c3-c3ccccc3)C2=O)cc1. The predicted octanol–water partition coefficient (Wildman–Crippen LogP) is 7.44. The van der Waals surface area contributed by atoms with E-state index in [4.69, 9.17) is 11.6 Å². The number of aryl methyl sites for hydroxylation is 1. The second-order valence-corrected chi connectivity index (χ2v) is 10.1. The van der Waals surface area contributed by atoms with Crippen LogP contribution in [-0.4, -0.2) is 22.4 Å². The number of imide groups is 2. The van der Waals surface area contributed by atoms with Crippen LogP contribution >= 0.6 is 11.6 Å². The van der Waals surface area contributed by atoms with E-state index in [9.17, 15) is 14.4 Å². The zero-order valence-electron chi connectivity index (χ0n) is 22.0. The van der Waals surface area contributed by atoms with Crippen LogP contribution in [0.1, 0.15) is 11.1 Å². The number of hydrogen-bond donors (Lipinski definition) is 1. The van der Waals surface area contributed by atoms with Gasteiger partial charge in [0.15, 0.2) is 0 Å². The van der Waals surface area contributed by atoms with E-state index in [-0.39, 0.29) is 5.57 Å². The molecule has 0 spiro atoms. The molecule has 0 bridgehead atoms. The molecule has 1 aromatic heterocycles. The van der Waals surface area contributed by atoms with Gasteiger partial charge < -0.3 is 4.57 Å². The van der Waals surface area contributed by atoms with Crippen LogP contribution in [0.2, 0.25) is 5.02 Å². The third kappa shape index (κ3) is 4.97. The van der Waals surface area contributed by atoms with Crippen molar-refractivity contribution in [3.05, 3.63) is 137 Å². The fourth-order valence-corrected chi connectivity index (χ4v) is 5.08. The molecular formula is C34H24ClN3O3. The van der Waals surface area contributed by atoms with Crippen LogP contribution in [0.5, 0.6) is 0 Å². The fraction of sp³-hybridized carbons (Fsp3) is 0.0294. The number of benzene rings is 4. The molecule has 2 heterocycles. The van der Waals surface area contributed by atoms with Crippen LogP contribution in [0, 0.1) is 6.92 Å². The smallest absolute Gasteiger partial charge is 0.309 e. The summed E-state index contributed by atoms with van der Waals surface area (Å²) in [6.07, 6.45) is 1.56. The van der Waals surface area contributed by atoms with E-state index >= 15 is 0 Å². The molecule has 1 fully saturated rings. The Bertz CT molecular complexity index is 1810. The number of halogens is 1. The maximum Gasteiger partial charge on any atom is 0.335 e. The van der Waals surface area contributed by atoms with Gasteiger partial charge in [-0.3, -0.25) is 14.9 Å². The number of nitrogens with zero attached hydrogens (tertiary/aromatic N) is 2. The first-order chi connectivity index (χ1) is 19.9. The largest absolute Gasteiger partial charge is 0.335 e. The Balaban J connectivity index is 1.59. The van der Waals surface area contributed by atoms with Crippen LogP contribution < -0.4 is 10.2 Å². The molecule has 1 saturated heterocycles. The van der Waals surface area contributed by atoms with Gasteiger partial charge in [-0.25, -0.2) is 9.69 Å². The maximum absolute atomic E-state index is 13.7. The van der Waals surface area contributed by atoms with Crippen molar-refractivity contribution in [1.82, 2.24) is 9.88 Å². The van der Waals surface area contributed by atoms with E-state index in [0.717, 1.165) is 38.7 Å². The summed E-state index contributed by atoms with van der Waals surface area (Å²) in [4.78, 5) is 40.6. The first-order valence-electron chi connectivity index (χ1n) is 13.0. The Morgan fingerprint density at radius 2 is 1.29 bits per heavy atom. The Kier molecular flexibility index (Phi) is 6.83. The van der Waals surface area contributed by atoms with Crippen LogP contribution in [0.15, 0.2) is 121 Å². The van der Waals surface area contributed by atoms with E-state index in [1.807, 2.05) is 110 Å². The Hall–Kier alpha value is -5.20. The van der Waals surface area contributed by atoms with Crippen molar-refractivity contribution in [2.24, 2.45) is 0 Å². The van der Waals surface area contributed by atoms with Gasteiger partial charge in [-0.05, 0) is 66.6 Å². The zero-order chi connectivity index (χ0) is 28.5. The summed E-state index contributed by atoms with van der Waals surface area (Å²) in [5, 5.41) is 2.94. The molecule has 1 aliphatic rings. The first-order valence-corrected chi connectivity index (χ1v) is 13.4. The molecule has 4 amide bonds. The van der Waals surface area contributed by atoms with Crippen molar-refractivity contribution >= 4 is 41.2 Å². The fourth-order valence-electron chi connectivity index (χ4n) is 4.95. The third-order valence-electron chi connectivity index (χ3n) is 6.93. The number of carbonyl (C=O) groups is 3. The molecule has 6 rings (SSSR count). The zero-order valence-corrected chi connectivity index (χ0v) is 22.8. The number of carbonyl (C=O) groups excluding carboxylic acids is 3. The molecule has 41 heavy (non-hydrogen) atoms. The second-order valence-electron chi connectivity index (χ2n) is 9.67. The minimum Gasteiger partial charge on any atom is -0.309 e. The second kappa shape index (κ2) is 10.8. The molecule has 4 aromatic carbocycles. The number of amides is 4. The van der Waals surface area contributed by atoms with E-state index in [0.29, 0.717) is 16.3 Å². The number of aromatic nitrogens is 1. The minimum atomic E-state index is -0.784. The number of barbiturate groups is 1. The van der Waals surface area contributed by atoms with Gasteiger partial charge in [0, 0.05) is 16.3 Å². The number of urea groups is 1. The lowest BCUT2D eigenvalue weighted by Gasteiger charge is -2.26. The molecule has 0 unspecified atom stereocenters. The lowest BCUT2D eigenvalue weighted by atomic mass is 10.0. The predicted molar refractivity (Wildman–Crippen MR) is 162 cm³/mol. The van der Waals surface area contributed by atoms with Gasteiger partial charge in [-0.15, -0.1) is 0 Å². The summed E-state index contributed by atoms with van der Waals surface area (Å²) in [6.45, 7) is 1.91. The Morgan fingerprint density at radius 1 is 0.707 bits per heavy atom. The monoisotopic (exact) mass is 557 g/mol. The molecule has 0 radical (unpaired) electrons. The highest BCUT2D eigenvalue weighted by atomic mass is 35.5. The van der Waals surface area contributed by atoms with Gasteiger partial charge in [0.25, 0.3) is 11.8 Å².